The van der Waals surface area contributed by atoms with Crippen molar-refractivity contribution < 1.29 is 5.11 Å². The highest BCUT2D eigenvalue weighted by Gasteiger charge is 1.79. The highest BCUT2D eigenvalue weighted by Crippen LogP contribution is 1.72. The third-order valence-electron chi connectivity index (χ3n) is 0.860. The first-order chi connectivity index (χ1) is 4.77. The first-order valence-electron chi connectivity index (χ1n) is 3.12. The number of hydrogen-bond donors (Lipinski definition) is 4. The quantitative estimate of drug-likeness (QED) is 0.236. The number of amidine groups is 1. The molecule has 0 rings (SSSR count). The van der Waals surface area contributed by atoms with Crippen molar-refractivity contribution in [2.75, 3.05) is 13.2 Å². The zero-order valence-corrected chi connectivity index (χ0v) is 5.80. The van der Waals surface area contributed by atoms with E-state index in [2.05, 4.69) is 5.32 Å². The number of rotatable bonds is 5. The maximum Gasteiger partial charge on any atom is 0.116 e. The van der Waals surface area contributed by atoms with Crippen molar-refractivity contribution in [2.24, 2.45) is 5.73 Å². The van der Waals surface area contributed by atoms with E-state index in [-0.39, 0.29) is 12.4 Å². The van der Waals surface area contributed by atoms with Crippen LogP contribution in [-0.2, 0) is 0 Å². The maximum absolute atomic E-state index is 8.34. The lowest BCUT2D eigenvalue weighted by Crippen LogP contribution is -2.11. The second kappa shape index (κ2) is 6.10. The standard InChI is InChI=1S/C6H13N3O/c7-6(8)2-4-9-3-1-5-10/h2,4,9-10H,1,3,5H2,(H3,7,8)/b4-2-. The Labute approximate surface area is 60.2 Å². The summed E-state index contributed by atoms with van der Waals surface area (Å²) in [5.74, 6) is 0.0245. The van der Waals surface area contributed by atoms with Crippen LogP contribution in [0, 0.1) is 5.41 Å². The van der Waals surface area contributed by atoms with Crippen molar-refractivity contribution in [1.82, 2.24) is 5.32 Å². The summed E-state index contributed by atoms with van der Waals surface area (Å²) in [4.78, 5) is 0. The van der Waals surface area contributed by atoms with Crippen LogP contribution in [0.2, 0.25) is 0 Å². The molecule has 0 aliphatic rings. The lowest BCUT2D eigenvalue weighted by atomic mass is 10.4. The largest absolute Gasteiger partial charge is 0.396 e. The smallest absolute Gasteiger partial charge is 0.116 e. The molecule has 0 heterocycles. The first kappa shape index (κ1) is 8.97. The minimum atomic E-state index is 0.0245. The predicted molar refractivity (Wildman–Crippen MR) is 40.8 cm³/mol. The van der Waals surface area contributed by atoms with Crippen LogP contribution in [0.4, 0.5) is 0 Å². The fourth-order valence-corrected chi connectivity index (χ4v) is 0.413. The third-order valence-corrected chi connectivity index (χ3v) is 0.860. The van der Waals surface area contributed by atoms with Crippen LogP contribution in [-0.4, -0.2) is 24.1 Å². The van der Waals surface area contributed by atoms with Gasteiger partial charge in [-0.25, -0.2) is 0 Å². The van der Waals surface area contributed by atoms with Gasteiger partial charge in [0.15, 0.2) is 0 Å². The topological polar surface area (TPSA) is 82.1 Å². The van der Waals surface area contributed by atoms with E-state index in [1.807, 2.05) is 0 Å². The van der Waals surface area contributed by atoms with Gasteiger partial charge in [-0.05, 0) is 12.5 Å². The number of aliphatic hydroxyl groups is 1. The molecule has 10 heavy (non-hydrogen) atoms. The van der Waals surface area contributed by atoms with Crippen LogP contribution in [0.15, 0.2) is 12.3 Å². The molecule has 0 aliphatic carbocycles. The Hall–Kier alpha value is -1.03. The van der Waals surface area contributed by atoms with Crippen LogP contribution in [0.3, 0.4) is 0 Å². The summed E-state index contributed by atoms with van der Waals surface area (Å²) in [6, 6.07) is 0. The molecular formula is C6H13N3O. The van der Waals surface area contributed by atoms with Gasteiger partial charge in [0.25, 0.3) is 0 Å². The van der Waals surface area contributed by atoms with Crippen molar-refractivity contribution in [3.8, 4) is 0 Å². The molecule has 4 heteroatoms. The summed E-state index contributed by atoms with van der Waals surface area (Å²) in [7, 11) is 0. The van der Waals surface area contributed by atoms with Gasteiger partial charge in [0.2, 0.25) is 0 Å². The number of nitrogens with one attached hydrogen (secondary N) is 2. The fraction of sp³-hybridized carbons (Fsp3) is 0.500. The van der Waals surface area contributed by atoms with Crippen molar-refractivity contribution in [1.29, 1.82) is 5.41 Å². The zero-order chi connectivity index (χ0) is 7.82. The molecule has 0 bridgehead atoms. The van der Waals surface area contributed by atoms with E-state index in [0.717, 1.165) is 0 Å². The van der Waals surface area contributed by atoms with Crippen LogP contribution in [0.25, 0.3) is 0 Å². The molecule has 0 aromatic heterocycles. The summed E-state index contributed by atoms with van der Waals surface area (Å²) in [6.45, 7) is 0.890. The Kier molecular flexibility index (Phi) is 5.47. The van der Waals surface area contributed by atoms with Gasteiger partial charge in [0, 0.05) is 19.4 Å². The molecule has 0 aromatic rings. The van der Waals surface area contributed by atoms with Crippen molar-refractivity contribution in [2.45, 2.75) is 6.42 Å². The van der Waals surface area contributed by atoms with Crippen molar-refractivity contribution in [3.63, 3.8) is 0 Å². The van der Waals surface area contributed by atoms with E-state index in [4.69, 9.17) is 16.2 Å². The minimum absolute atomic E-state index is 0.0245. The van der Waals surface area contributed by atoms with Crippen LogP contribution in [0.1, 0.15) is 6.42 Å². The van der Waals surface area contributed by atoms with Crippen LogP contribution in [0.5, 0.6) is 0 Å². The molecule has 0 saturated carbocycles. The molecule has 0 amide bonds. The monoisotopic (exact) mass is 143 g/mol. The summed E-state index contributed by atoms with van der Waals surface area (Å²) in [6.07, 6.45) is 3.76. The Morgan fingerprint density at radius 3 is 2.90 bits per heavy atom. The molecule has 0 aliphatic heterocycles. The van der Waals surface area contributed by atoms with Crippen LogP contribution >= 0.6 is 0 Å². The van der Waals surface area contributed by atoms with Gasteiger partial charge in [0.1, 0.15) is 5.84 Å². The Morgan fingerprint density at radius 1 is 1.70 bits per heavy atom. The lowest BCUT2D eigenvalue weighted by molar-refractivity contribution is 0.288. The van der Waals surface area contributed by atoms with E-state index in [1.54, 1.807) is 6.20 Å². The van der Waals surface area contributed by atoms with E-state index < -0.39 is 0 Å². The van der Waals surface area contributed by atoms with Gasteiger partial charge in [0.05, 0.1) is 0 Å². The Balaban J connectivity index is 3.10. The predicted octanol–water partition coefficient (Wildman–Crippen LogP) is -0.592. The third kappa shape index (κ3) is 6.97. The zero-order valence-electron chi connectivity index (χ0n) is 5.80. The molecule has 5 N–H and O–H groups in total. The number of hydrogen-bond acceptors (Lipinski definition) is 3. The Morgan fingerprint density at radius 2 is 2.40 bits per heavy atom. The molecular weight excluding hydrogens is 130 g/mol. The molecule has 0 unspecified atom stereocenters. The van der Waals surface area contributed by atoms with Crippen LogP contribution < -0.4 is 11.1 Å². The second-order valence-electron chi connectivity index (χ2n) is 1.82. The average molecular weight is 143 g/mol. The highest BCUT2D eigenvalue weighted by molar-refractivity contribution is 5.88. The SMILES string of the molecule is N=C(N)/C=C\NCCCO. The maximum atomic E-state index is 8.34. The highest BCUT2D eigenvalue weighted by atomic mass is 16.3. The van der Waals surface area contributed by atoms with E-state index in [9.17, 15) is 0 Å². The fourth-order valence-electron chi connectivity index (χ4n) is 0.413. The molecule has 4 nitrogen and oxygen atoms in total. The number of nitrogens with two attached hydrogens (primary N) is 1. The average Bonchev–Trinajstić information content (AvgIpc) is 1.87. The van der Waals surface area contributed by atoms with Gasteiger partial charge < -0.3 is 16.2 Å². The normalized spacial score (nSPS) is 10.1. The lowest BCUT2D eigenvalue weighted by Gasteiger charge is -1.95. The molecule has 0 saturated heterocycles. The van der Waals surface area contributed by atoms with E-state index in [0.29, 0.717) is 13.0 Å². The van der Waals surface area contributed by atoms with Gasteiger partial charge >= 0.3 is 0 Å². The first-order valence-corrected chi connectivity index (χ1v) is 3.12. The van der Waals surface area contributed by atoms with Crippen molar-refractivity contribution >= 4 is 5.84 Å². The van der Waals surface area contributed by atoms with Gasteiger partial charge in [-0.1, -0.05) is 0 Å². The summed E-state index contributed by atoms with van der Waals surface area (Å²) >= 11 is 0. The minimum Gasteiger partial charge on any atom is -0.396 e. The molecule has 58 valence electrons. The summed E-state index contributed by atoms with van der Waals surface area (Å²) < 4.78 is 0. The van der Waals surface area contributed by atoms with Crippen molar-refractivity contribution in [3.05, 3.63) is 12.3 Å². The summed E-state index contributed by atoms with van der Waals surface area (Å²) in [5.41, 5.74) is 5.01. The Bertz CT molecular complexity index is 122. The molecule has 0 atom stereocenters. The molecule has 0 fully saturated rings. The molecule has 0 spiro atoms. The van der Waals surface area contributed by atoms with Gasteiger partial charge in [-0.3, -0.25) is 5.41 Å². The number of aliphatic hydroxyl groups excluding tert-OH is 1. The van der Waals surface area contributed by atoms with Gasteiger partial charge in [-0.2, -0.15) is 0 Å². The van der Waals surface area contributed by atoms with E-state index in [1.165, 1.54) is 6.08 Å². The molecule has 0 radical (unpaired) electrons. The van der Waals surface area contributed by atoms with Gasteiger partial charge in [-0.15, -0.1) is 0 Å². The summed E-state index contributed by atoms with van der Waals surface area (Å²) in [5, 5.41) is 18.0. The van der Waals surface area contributed by atoms with E-state index >= 15 is 0 Å². The second-order valence-corrected chi connectivity index (χ2v) is 1.82. The molecule has 0 aromatic carbocycles.